The Labute approximate surface area is 101 Å². The van der Waals surface area contributed by atoms with E-state index >= 15 is 0 Å². The highest BCUT2D eigenvalue weighted by atomic mass is 16.5. The van der Waals surface area contributed by atoms with Gasteiger partial charge < -0.3 is 10.1 Å². The Kier molecular flexibility index (Phi) is 6.37. The molecule has 0 aliphatic heterocycles. The van der Waals surface area contributed by atoms with E-state index in [-0.39, 0.29) is 0 Å². The van der Waals surface area contributed by atoms with Crippen LogP contribution in [0.5, 0.6) is 0 Å². The average Bonchev–Trinajstić information content (AvgIpc) is 2.31. The van der Waals surface area contributed by atoms with Gasteiger partial charge >= 0.3 is 0 Å². The van der Waals surface area contributed by atoms with Gasteiger partial charge in [-0.2, -0.15) is 0 Å². The Hall–Kier alpha value is -0.0800. The smallest absolute Gasteiger partial charge is 0.0702 e. The topological polar surface area (TPSA) is 21.3 Å². The van der Waals surface area contributed by atoms with Crippen LogP contribution in [-0.2, 0) is 4.74 Å². The van der Waals surface area contributed by atoms with Crippen molar-refractivity contribution in [2.24, 2.45) is 11.8 Å². The van der Waals surface area contributed by atoms with Crippen molar-refractivity contribution in [1.29, 1.82) is 0 Å². The number of ether oxygens (including phenoxy) is 1. The van der Waals surface area contributed by atoms with Gasteiger partial charge in [-0.1, -0.05) is 26.2 Å². The third-order valence-electron chi connectivity index (χ3n) is 4.18. The summed E-state index contributed by atoms with van der Waals surface area (Å²) in [6.07, 6.45) is 7.29. The normalized spacial score (nSPS) is 30.0. The zero-order valence-corrected chi connectivity index (χ0v) is 11.5. The van der Waals surface area contributed by atoms with E-state index in [2.05, 4.69) is 33.1 Å². The summed E-state index contributed by atoms with van der Waals surface area (Å²) in [5, 5.41) is 3.48. The molecule has 0 spiro atoms. The summed E-state index contributed by atoms with van der Waals surface area (Å²) in [5.74, 6) is 1.76. The minimum absolute atomic E-state index is 0.343. The molecule has 0 aromatic rings. The summed E-state index contributed by atoms with van der Waals surface area (Å²) in [4.78, 5) is 0. The molecule has 1 fully saturated rings. The van der Waals surface area contributed by atoms with Gasteiger partial charge in [0.05, 0.1) is 6.10 Å². The fourth-order valence-corrected chi connectivity index (χ4v) is 3.25. The molecule has 4 atom stereocenters. The Morgan fingerprint density at radius 3 is 2.62 bits per heavy atom. The average molecular weight is 227 g/mol. The first-order valence-corrected chi connectivity index (χ1v) is 7.01. The highest BCUT2D eigenvalue weighted by molar-refractivity contribution is 4.85. The summed E-state index contributed by atoms with van der Waals surface area (Å²) < 4.78 is 5.75. The third kappa shape index (κ3) is 3.74. The van der Waals surface area contributed by atoms with Gasteiger partial charge in [0.2, 0.25) is 0 Å². The zero-order valence-electron chi connectivity index (χ0n) is 11.5. The predicted octanol–water partition coefficient (Wildman–Crippen LogP) is 3.22. The van der Waals surface area contributed by atoms with Gasteiger partial charge in [0, 0.05) is 12.6 Å². The molecule has 1 aliphatic carbocycles. The fourth-order valence-electron chi connectivity index (χ4n) is 3.25. The lowest BCUT2D eigenvalue weighted by atomic mass is 9.75. The molecule has 4 unspecified atom stereocenters. The van der Waals surface area contributed by atoms with Crippen LogP contribution in [0, 0.1) is 11.8 Å². The molecule has 0 aromatic carbocycles. The molecule has 1 saturated carbocycles. The van der Waals surface area contributed by atoms with E-state index in [4.69, 9.17) is 4.74 Å². The van der Waals surface area contributed by atoms with Crippen LogP contribution in [0.25, 0.3) is 0 Å². The van der Waals surface area contributed by atoms with Crippen LogP contribution >= 0.6 is 0 Å². The van der Waals surface area contributed by atoms with Crippen LogP contribution in [0.4, 0.5) is 0 Å². The van der Waals surface area contributed by atoms with Crippen LogP contribution in [-0.4, -0.2) is 25.8 Å². The van der Waals surface area contributed by atoms with Gasteiger partial charge in [-0.3, -0.25) is 0 Å². The second-order valence-corrected chi connectivity index (χ2v) is 5.18. The van der Waals surface area contributed by atoms with E-state index in [0.29, 0.717) is 12.1 Å². The maximum absolute atomic E-state index is 5.75. The number of hydrogen-bond acceptors (Lipinski definition) is 2. The summed E-state index contributed by atoms with van der Waals surface area (Å²) in [5.41, 5.74) is 0. The standard InChI is InChI=1S/C14H29NO/c1-5-12-8-7-9-13(10-12)14(15-4)11(3)16-6-2/h11-15H,5-10H2,1-4H3. The largest absolute Gasteiger partial charge is 0.377 e. The van der Waals surface area contributed by atoms with E-state index in [9.17, 15) is 0 Å². The van der Waals surface area contributed by atoms with Gasteiger partial charge in [-0.05, 0) is 45.6 Å². The number of hydrogen-bond donors (Lipinski definition) is 1. The molecule has 1 aliphatic rings. The minimum atomic E-state index is 0.343. The number of rotatable bonds is 6. The first kappa shape index (κ1) is 14.0. The second-order valence-electron chi connectivity index (χ2n) is 5.18. The number of nitrogens with one attached hydrogen (secondary N) is 1. The Morgan fingerprint density at radius 1 is 1.31 bits per heavy atom. The molecule has 0 heterocycles. The van der Waals surface area contributed by atoms with Crippen LogP contribution in [0.1, 0.15) is 52.9 Å². The van der Waals surface area contributed by atoms with Gasteiger partial charge in [0.15, 0.2) is 0 Å². The molecule has 0 bridgehead atoms. The summed E-state index contributed by atoms with van der Waals surface area (Å²) in [6, 6.07) is 0.536. The second kappa shape index (κ2) is 7.29. The lowest BCUT2D eigenvalue weighted by Crippen LogP contribution is -2.45. The predicted molar refractivity (Wildman–Crippen MR) is 69.7 cm³/mol. The molecule has 0 amide bonds. The minimum Gasteiger partial charge on any atom is -0.377 e. The molecule has 16 heavy (non-hydrogen) atoms. The first-order chi connectivity index (χ1) is 7.72. The van der Waals surface area contributed by atoms with Crippen LogP contribution in [0.2, 0.25) is 0 Å². The van der Waals surface area contributed by atoms with E-state index in [1.54, 1.807) is 0 Å². The van der Waals surface area contributed by atoms with Crippen molar-refractivity contribution in [3.63, 3.8) is 0 Å². The fraction of sp³-hybridized carbons (Fsp3) is 1.00. The molecule has 0 aromatic heterocycles. The van der Waals surface area contributed by atoms with Crippen molar-refractivity contribution in [2.75, 3.05) is 13.7 Å². The van der Waals surface area contributed by atoms with Gasteiger partial charge in [-0.15, -0.1) is 0 Å². The van der Waals surface area contributed by atoms with E-state index < -0.39 is 0 Å². The SMILES string of the molecule is CCOC(C)C(NC)C1CCCC(CC)C1. The Bertz CT molecular complexity index is 184. The third-order valence-corrected chi connectivity index (χ3v) is 4.18. The van der Waals surface area contributed by atoms with Crippen molar-refractivity contribution in [2.45, 2.75) is 65.0 Å². The van der Waals surface area contributed by atoms with Crippen LogP contribution in [0.15, 0.2) is 0 Å². The Balaban J connectivity index is 2.50. The van der Waals surface area contributed by atoms with E-state index in [0.717, 1.165) is 18.4 Å². The highest BCUT2D eigenvalue weighted by Crippen LogP contribution is 2.34. The molecule has 1 rings (SSSR count). The zero-order chi connectivity index (χ0) is 12.0. The van der Waals surface area contributed by atoms with Crippen LogP contribution < -0.4 is 5.32 Å². The van der Waals surface area contributed by atoms with Crippen molar-refractivity contribution < 1.29 is 4.74 Å². The van der Waals surface area contributed by atoms with E-state index in [1.807, 2.05) is 0 Å². The molecule has 2 nitrogen and oxygen atoms in total. The summed E-state index contributed by atoms with van der Waals surface area (Å²) >= 11 is 0. The van der Waals surface area contributed by atoms with Crippen molar-refractivity contribution in [3.8, 4) is 0 Å². The molecule has 2 heteroatoms. The molecular weight excluding hydrogens is 198 g/mol. The van der Waals surface area contributed by atoms with Crippen LogP contribution in [0.3, 0.4) is 0 Å². The van der Waals surface area contributed by atoms with Gasteiger partial charge in [0.1, 0.15) is 0 Å². The van der Waals surface area contributed by atoms with Crippen molar-refractivity contribution in [1.82, 2.24) is 5.32 Å². The van der Waals surface area contributed by atoms with Gasteiger partial charge in [0.25, 0.3) is 0 Å². The maximum Gasteiger partial charge on any atom is 0.0702 e. The maximum atomic E-state index is 5.75. The van der Waals surface area contributed by atoms with Gasteiger partial charge in [-0.25, -0.2) is 0 Å². The Morgan fingerprint density at radius 2 is 2.06 bits per heavy atom. The molecule has 0 radical (unpaired) electrons. The van der Waals surface area contributed by atoms with E-state index in [1.165, 1.54) is 32.1 Å². The lowest BCUT2D eigenvalue weighted by Gasteiger charge is -2.37. The number of likely N-dealkylation sites (N-methyl/N-ethyl adjacent to an activating group) is 1. The lowest BCUT2D eigenvalue weighted by molar-refractivity contribution is 0.0214. The van der Waals surface area contributed by atoms with Crippen molar-refractivity contribution >= 4 is 0 Å². The monoisotopic (exact) mass is 227 g/mol. The summed E-state index contributed by atoms with van der Waals surface area (Å²) in [6.45, 7) is 7.44. The first-order valence-electron chi connectivity index (χ1n) is 7.01. The molecule has 96 valence electrons. The quantitative estimate of drug-likeness (QED) is 0.752. The summed E-state index contributed by atoms with van der Waals surface area (Å²) in [7, 11) is 2.08. The molecular formula is C14H29NO. The molecule has 1 N–H and O–H groups in total. The highest BCUT2D eigenvalue weighted by Gasteiger charge is 2.30. The van der Waals surface area contributed by atoms with Crippen molar-refractivity contribution in [3.05, 3.63) is 0 Å². The molecule has 0 saturated heterocycles.